The summed E-state index contributed by atoms with van der Waals surface area (Å²) < 4.78 is 5.48. The first-order chi connectivity index (χ1) is 8.43. The van der Waals surface area contributed by atoms with Gasteiger partial charge in [-0.1, -0.05) is 0 Å². The van der Waals surface area contributed by atoms with Crippen LogP contribution >= 0.6 is 0 Å². The molecule has 0 bridgehead atoms. The minimum Gasteiger partial charge on any atom is -0.464 e. The number of nitrogens with zero attached hydrogens (tertiary/aromatic N) is 2. The lowest BCUT2D eigenvalue weighted by Crippen LogP contribution is -1.84. The number of fused-ring (bicyclic) bond motifs is 1. The number of hydrogen-bond donors (Lipinski definition) is 1. The van der Waals surface area contributed by atoms with E-state index in [1.165, 1.54) is 12.8 Å². The maximum Gasteiger partial charge on any atom is 0.156 e. The summed E-state index contributed by atoms with van der Waals surface area (Å²) in [6, 6.07) is 5.86. The molecule has 1 saturated carbocycles. The van der Waals surface area contributed by atoms with Gasteiger partial charge in [0.1, 0.15) is 5.76 Å². The Hall–Kier alpha value is -2.10. The fraction of sp³-hybridized carbons (Fsp3) is 0.231. The van der Waals surface area contributed by atoms with Crippen molar-refractivity contribution >= 4 is 11.0 Å². The van der Waals surface area contributed by atoms with Crippen molar-refractivity contribution in [1.29, 1.82) is 0 Å². The quantitative estimate of drug-likeness (QED) is 0.729. The topological polar surface area (TPSA) is 54.7 Å². The number of hydrogen-bond acceptors (Lipinski definition) is 3. The summed E-state index contributed by atoms with van der Waals surface area (Å²) in [4.78, 5) is 4.32. The van der Waals surface area contributed by atoms with Gasteiger partial charge in [-0.3, -0.25) is 5.10 Å². The predicted octanol–water partition coefficient (Wildman–Crippen LogP) is 3.10. The van der Waals surface area contributed by atoms with Gasteiger partial charge in [-0.25, -0.2) is 4.98 Å². The molecule has 1 aliphatic carbocycles. The van der Waals surface area contributed by atoms with E-state index in [0.717, 1.165) is 28.1 Å². The Bertz CT molecular complexity index is 665. The molecule has 0 unspecified atom stereocenters. The van der Waals surface area contributed by atoms with Crippen LogP contribution in [0.1, 0.15) is 24.5 Å². The molecule has 3 heterocycles. The Balaban J connectivity index is 2.04. The third-order valence-corrected chi connectivity index (χ3v) is 3.24. The van der Waals surface area contributed by atoms with Crippen LogP contribution in [0, 0.1) is 0 Å². The average molecular weight is 225 g/mol. The third kappa shape index (κ3) is 1.30. The Labute approximate surface area is 97.7 Å². The zero-order valence-electron chi connectivity index (χ0n) is 9.18. The van der Waals surface area contributed by atoms with E-state index in [-0.39, 0.29) is 0 Å². The average Bonchev–Trinajstić information content (AvgIpc) is 2.93. The minimum absolute atomic E-state index is 0.599. The summed E-state index contributed by atoms with van der Waals surface area (Å²) in [7, 11) is 0. The minimum atomic E-state index is 0.599. The Kier molecular flexibility index (Phi) is 1.69. The maximum absolute atomic E-state index is 5.48. The van der Waals surface area contributed by atoms with Crippen molar-refractivity contribution in [3.05, 3.63) is 36.4 Å². The summed E-state index contributed by atoms with van der Waals surface area (Å²) in [5, 5.41) is 8.52. The van der Waals surface area contributed by atoms with Gasteiger partial charge in [-0.05, 0) is 31.0 Å². The zero-order valence-corrected chi connectivity index (χ0v) is 9.18. The van der Waals surface area contributed by atoms with E-state index in [0.29, 0.717) is 5.92 Å². The van der Waals surface area contributed by atoms with Crippen LogP contribution < -0.4 is 0 Å². The van der Waals surface area contributed by atoms with Crippen LogP contribution in [0.3, 0.4) is 0 Å². The molecule has 1 fully saturated rings. The zero-order chi connectivity index (χ0) is 11.2. The van der Waals surface area contributed by atoms with Crippen molar-refractivity contribution in [2.45, 2.75) is 18.8 Å². The summed E-state index contributed by atoms with van der Waals surface area (Å²) in [5.41, 5.74) is 3.07. The molecule has 0 saturated heterocycles. The highest BCUT2D eigenvalue weighted by atomic mass is 16.3. The fourth-order valence-electron chi connectivity index (χ4n) is 2.26. The molecule has 0 radical (unpaired) electrons. The van der Waals surface area contributed by atoms with E-state index in [9.17, 15) is 0 Å². The van der Waals surface area contributed by atoms with Crippen LogP contribution in [-0.4, -0.2) is 15.2 Å². The summed E-state index contributed by atoms with van der Waals surface area (Å²) in [6.07, 6.45) is 5.94. The molecule has 4 nitrogen and oxygen atoms in total. The van der Waals surface area contributed by atoms with Gasteiger partial charge in [-0.2, -0.15) is 5.10 Å². The van der Waals surface area contributed by atoms with Gasteiger partial charge in [0.05, 0.1) is 17.3 Å². The lowest BCUT2D eigenvalue weighted by molar-refractivity contribution is 0.583. The normalized spacial score (nSPS) is 15.5. The molecule has 0 aliphatic heterocycles. The predicted molar refractivity (Wildman–Crippen MR) is 63.6 cm³/mol. The van der Waals surface area contributed by atoms with Crippen LogP contribution in [-0.2, 0) is 0 Å². The monoisotopic (exact) mass is 225 g/mol. The van der Waals surface area contributed by atoms with Gasteiger partial charge in [0.15, 0.2) is 5.65 Å². The standard InChI is InChI=1S/C13H11N3O/c1-2-10(17-7-1)9-5-6-14-13-11(9)12(15-16-13)8-3-4-8/h1-2,5-8H,3-4H2,(H,14,15,16). The molecule has 1 aliphatic rings. The molecule has 3 aromatic rings. The molecular formula is C13H11N3O. The van der Waals surface area contributed by atoms with E-state index in [1.807, 2.05) is 18.2 Å². The molecular weight excluding hydrogens is 214 g/mol. The SMILES string of the molecule is c1coc(-c2ccnc3[nH]nc(C4CC4)c23)c1. The summed E-state index contributed by atoms with van der Waals surface area (Å²) in [6.45, 7) is 0. The van der Waals surface area contributed by atoms with Crippen molar-refractivity contribution in [2.75, 3.05) is 0 Å². The van der Waals surface area contributed by atoms with Gasteiger partial charge < -0.3 is 4.42 Å². The smallest absolute Gasteiger partial charge is 0.156 e. The molecule has 0 amide bonds. The lowest BCUT2D eigenvalue weighted by Gasteiger charge is -2.00. The van der Waals surface area contributed by atoms with E-state index >= 15 is 0 Å². The highest BCUT2D eigenvalue weighted by molar-refractivity contribution is 5.93. The molecule has 0 atom stereocenters. The molecule has 1 N–H and O–H groups in total. The second-order valence-electron chi connectivity index (χ2n) is 4.44. The highest BCUT2D eigenvalue weighted by Crippen LogP contribution is 2.43. The number of nitrogens with one attached hydrogen (secondary N) is 1. The Morgan fingerprint density at radius 2 is 2.24 bits per heavy atom. The highest BCUT2D eigenvalue weighted by Gasteiger charge is 2.29. The molecule has 3 aromatic heterocycles. The van der Waals surface area contributed by atoms with E-state index in [1.54, 1.807) is 12.5 Å². The number of rotatable bonds is 2. The number of H-pyrrole nitrogens is 1. The van der Waals surface area contributed by atoms with Crippen LogP contribution in [0.15, 0.2) is 35.1 Å². The third-order valence-electron chi connectivity index (χ3n) is 3.24. The van der Waals surface area contributed by atoms with Crippen molar-refractivity contribution < 1.29 is 4.42 Å². The van der Waals surface area contributed by atoms with Gasteiger partial charge >= 0.3 is 0 Å². The van der Waals surface area contributed by atoms with Crippen molar-refractivity contribution in [1.82, 2.24) is 15.2 Å². The molecule has 4 heteroatoms. The van der Waals surface area contributed by atoms with Crippen LogP contribution in [0.5, 0.6) is 0 Å². The lowest BCUT2D eigenvalue weighted by atomic mass is 10.1. The van der Waals surface area contributed by atoms with E-state index in [4.69, 9.17) is 4.42 Å². The van der Waals surface area contributed by atoms with Gasteiger partial charge in [-0.15, -0.1) is 0 Å². The molecule has 17 heavy (non-hydrogen) atoms. The number of aromatic nitrogens is 3. The van der Waals surface area contributed by atoms with Gasteiger partial charge in [0.2, 0.25) is 0 Å². The number of pyridine rings is 1. The number of aromatic amines is 1. The fourth-order valence-corrected chi connectivity index (χ4v) is 2.26. The summed E-state index contributed by atoms with van der Waals surface area (Å²) in [5.74, 6) is 1.47. The second kappa shape index (κ2) is 3.20. The van der Waals surface area contributed by atoms with Crippen molar-refractivity contribution in [3.8, 4) is 11.3 Å². The van der Waals surface area contributed by atoms with Crippen molar-refractivity contribution in [2.24, 2.45) is 0 Å². The largest absolute Gasteiger partial charge is 0.464 e. The Morgan fingerprint density at radius 3 is 3.00 bits per heavy atom. The van der Waals surface area contributed by atoms with Crippen LogP contribution in [0.25, 0.3) is 22.4 Å². The molecule has 0 aromatic carbocycles. The first-order valence-electron chi connectivity index (χ1n) is 5.80. The first kappa shape index (κ1) is 8.98. The maximum atomic E-state index is 5.48. The molecule has 84 valence electrons. The Morgan fingerprint density at radius 1 is 1.29 bits per heavy atom. The molecule has 4 rings (SSSR count). The van der Waals surface area contributed by atoms with Gasteiger partial charge in [0, 0.05) is 17.7 Å². The van der Waals surface area contributed by atoms with E-state index in [2.05, 4.69) is 15.2 Å². The summed E-state index contributed by atoms with van der Waals surface area (Å²) >= 11 is 0. The molecule has 0 spiro atoms. The number of furan rings is 1. The second-order valence-corrected chi connectivity index (χ2v) is 4.44. The van der Waals surface area contributed by atoms with Crippen molar-refractivity contribution in [3.63, 3.8) is 0 Å². The van der Waals surface area contributed by atoms with Crippen LogP contribution in [0.4, 0.5) is 0 Å². The first-order valence-corrected chi connectivity index (χ1v) is 5.80. The van der Waals surface area contributed by atoms with Crippen LogP contribution in [0.2, 0.25) is 0 Å². The van der Waals surface area contributed by atoms with E-state index < -0.39 is 0 Å². The van der Waals surface area contributed by atoms with Gasteiger partial charge in [0.25, 0.3) is 0 Å².